The van der Waals surface area contributed by atoms with Crippen LogP contribution in [0.15, 0.2) is 0 Å². The molecule has 0 aliphatic heterocycles. The molecule has 0 rings (SSSR count). The Morgan fingerprint density at radius 1 is 1.36 bits per heavy atom. The number of carbonyl (C=O) groups is 2. The fourth-order valence-corrected chi connectivity index (χ4v) is 0.312. The molecule has 0 amide bonds. The molecule has 1 radical (unpaired) electrons. The van der Waals surface area contributed by atoms with Gasteiger partial charge < -0.3 is 9.47 Å². The second kappa shape index (κ2) is 5.40. The van der Waals surface area contributed by atoms with Crippen molar-refractivity contribution in [1.29, 1.82) is 0 Å². The van der Waals surface area contributed by atoms with Gasteiger partial charge in [0, 0.05) is 6.92 Å². The third-order valence-electron chi connectivity index (χ3n) is 0.685. The van der Waals surface area contributed by atoms with Crippen LogP contribution < -0.4 is 0 Å². The van der Waals surface area contributed by atoms with Gasteiger partial charge in [0.1, 0.15) is 0 Å². The van der Waals surface area contributed by atoms with Gasteiger partial charge in [0.25, 0.3) is 0 Å². The SMILES string of the molecule is CC(=O)OCC(=O)OC[C]=O. The van der Waals surface area contributed by atoms with Crippen LogP contribution in [0.5, 0.6) is 0 Å². The summed E-state index contributed by atoms with van der Waals surface area (Å²) in [5, 5.41) is 0. The number of rotatable bonds is 4. The molecule has 0 aliphatic rings. The summed E-state index contributed by atoms with van der Waals surface area (Å²) in [5.74, 6) is -1.33. The second-order valence-electron chi connectivity index (χ2n) is 1.59. The fourth-order valence-electron chi connectivity index (χ4n) is 0.312. The average Bonchev–Trinajstić information content (AvgIpc) is 1.97. The van der Waals surface area contributed by atoms with Crippen molar-refractivity contribution in [3.05, 3.63) is 0 Å². The highest BCUT2D eigenvalue weighted by Crippen LogP contribution is 1.80. The van der Waals surface area contributed by atoms with Crippen LogP contribution in [0.3, 0.4) is 0 Å². The minimum atomic E-state index is -0.761. The Bertz CT molecular complexity index is 162. The Balaban J connectivity index is 3.37. The summed E-state index contributed by atoms with van der Waals surface area (Å²) in [4.78, 5) is 30.1. The lowest BCUT2D eigenvalue weighted by Crippen LogP contribution is -2.15. The second-order valence-corrected chi connectivity index (χ2v) is 1.59. The summed E-state index contributed by atoms with van der Waals surface area (Å²) in [6, 6.07) is 0. The summed E-state index contributed by atoms with van der Waals surface area (Å²) in [7, 11) is 0. The molecule has 5 heteroatoms. The molecule has 0 saturated heterocycles. The summed E-state index contributed by atoms with van der Waals surface area (Å²) in [6.45, 7) is 0.274. The van der Waals surface area contributed by atoms with E-state index in [0.29, 0.717) is 0 Å². The maximum Gasteiger partial charge on any atom is 0.344 e. The molecule has 11 heavy (non-hydrogen) atoms. The van der Waals surface area contributed by atoms with E-state index in [9.17, 15) is 14.4 Å². The summed E-state index contributed by atoms with van der Waals surface area (Å²) in [6.07, 6.45) is 1.35. The lowest BCUT2D eigenvalue weighted by Gasteiger charge is -1.99. The van der Waals surface area contributed by atoms with Gasteiger partial charge in [-0.1, -0.05) is 0 Å². The lowest BCUT2D eigenvalue weighted by atomic mass is 10.7. The third kappa shape index (κ3) is 6.50. The zero-order chi connectivity index (χ0) is 8.69. The molecular formula is C6H7O5. The molecule has 0 heterocycles. The number of hydrogen-bond donors (Lipinski definition) is 0. The van der Waals surface area contributed by atoms with Crippen molar-refractivity contribution in [1.82, 2.24) is 0 Å². The number of ether oxygens (including phenoxy) is 2. The molecule has 0 aromatic carbocycles. The number of hydrogen-bond acceptors (Lipinski definition) is 5. The molecule has 5 nitrogen and oxygen atoms in total. The first-order valence-electron chi connectivity index (χ1n) is 2.81. The van der Waals surface area contributed by atoms with Crippen molar-refractivity contribution in [3.63, 3.8) is 0 Å². The van der Waals surface area contributed by atoms with Crippen LogP contribution in [0, 0.1) is 0 Å². The van der Waals surface area contributed by atoms with E-state index in [4.69, 9.17) is 0 Å². The largest absolute Gasteiger partial charge is 0.455 e. The van der Waals surface area contributed by atoms with Crippen molar-refractivity contribution in [3.8, 4) is 0 Å². The highest BCUT2D eigenvalue weighted by atomic mass is 16.6. The number of esters is 2. The molecule has 0 fully saturated rings. The van der Waals surface area contributed by atoms with Crippen molar-refractivity contribution in [2.75, 3.05) is 13.2 Å². The topological polar surface area (TPSA) is 69.7 Å². The van der Waals surface area contributed by atoms with Crippen LogP contribution in [0.1, 0.15) is 6.92 Å². The predicted octanol–water partition coefficient (Wildman–Crippen LogP) is -0.798. The summed E-state index contributed by atoms with van der Waals surface area (Å²) in [5.41, 5.74) is 0. The minimum absolute atomic E-state index is 0.430. The molecule has 0 aromatic rings. The summed E-state index contributed by atoms with van der Waals surface area (Å²) >= 11 is 0. The molecule has 0 unspecified atom stereocenters. The van der Waals surface area contributed by atoms with Crippen LogP contribution in [-0.4, -0.2) is 31.4 Å². The van der Waals surface area contributed by atoms with Gasteiger partial charge in [0.05, 0.1) is 0 Å². The van der Waals surface area contributed by atoms with Crippen molar-refractivity contribution >= 4 is 18.2 Å². The van der Waals surface area contributed by atoms with E-state index in [1.165, 1.54) is 13.2 Å². The lowest BCUT2D eigenvalue weighted by molar-refractivity contribution is -0.156. The van der Waals surface area contributed by atoms with E-state index >= 15 is 0 Å². The Hall–Kier alpha value is -1.39. The van der Waals surface area contributed by atoms with Crippen molar-refractivity contribution in [2.45, 2.75) is 6.92 Å². The molecule has 0 atom stereocenters. The highest BCUT2D eigenvalue weighted by molar-refractivity contribution is 5.76. The summed E-state index contributed by atoms with van der Waals surface area (Å²) < 4.78 is 8.46. The molecule has 0 saturated carbocycles. The Kier molecular flexibility index (Phi) is 4.72. The zero-order valence-electron chi connectivity index (χ0n) is 5.96. The zero-order valence-corrected chi connectivity index (χ0v) is 5.96. The van der Waals surface area contributed by atoms with E-state index in [1.54, 1.807) is 0 Å². The number of carbonyl (C=O) groups excluding carboxylic acids is 3. The molecule has 0 bridgehead atoms. The van der Waals surface area contributed by atoms with Gasteiger partial charge in [-0.25, -0.2) is 4.79 Å². The van der Waals surface area contributed by atoms with Crippen molar-refractivity contribution < 1.29 is 23.9 Å². The fraction of sp³-hybridized carbons (Fsp3) is 0.500. The monoisotopic (exact) mass is 159 g/mol. The first-order chi connectivity index (χ1) is 5.16. The van der Waals surface area contributed by atoms with Crippen LogP contribution in [0.2, 0.25) is 0 Å². The first kappa shape index (κ1) is 9.61. The van der Waals surface area contributed by atoms with Crippen LogP contribution >= 0.6 is 0 Å². The van der Waals surface area contributed by atoms with Gasteiger partial charge >= 0.3 is 11.9 Å². The van der Waals surface area contributed by atoms with Crippen molar-refractivity contribution in [2.24, 2.45) is 0 Å². The molecule has 61 valence electrons. The Morgan fingerprint density at radius 3 is 2.45 bits per heavy atom. The average molecular weight is 159 g/mol. The molecule has 0 spiro atoms. The molecule has 0 aromatic heterocycles. The minimum Gasteiger partial charge on any atom is -0.455 e. The van der Waals surface area contributed by atoms with Gasteiger partial charge in [-0.05, 0) is 0 Å². The molecule has 0 aliphatic carbocycles. The standard InChI is InChI=1S/C6H7O5/c1-5(8)11-4-6(9)10-3-2-7/h3-4H2,1H3. The van der Waals surface area contributed by atoms with Gasteiger partial charge in [0.15, 0.2) is 13.2 Å². The van der Waals surface area contributed by atoms with Gasteiger partial charge in [0.2, 0.25) is 6.29 Å². The van der Waals surface area contributed by atoms with E-state index in [-0.39, 0.29) is 0 Å². The van der Waals surface area contributed by atoms with Crippen LogP contribution in [0.25, 0.3) is 0 Å². The van der Waals surface area contributed by atoms with Gasteiger partial charge in [-0.3, -0.25) is 9.59 Å². The smallest absolute Gasteiger partial charge is 0.344 e. The van der Waals surface area contributed by atoms with E-state index < -0.39 is 25.2 Å². The van der Waals surface area contributed by atoms with E-state index in [2.05, 4.69) is 9.47 Å². The first-order valence-corrected chi connectivity index (χ1v) is 2.81. The Morgan fingerprint density at radius 2 is 2.00 bits per heavy atom. The highest BCUT2D eigenvalue weighted by Gasteiger charge is 2.03. The van der Waals surface area contributed by atoms with Gasteiger partial charge in [-0.15, -0.1) is 0 Å². The van der Waals surface area contributed by atoms with E-state index in [1.807, 2.05) is 0 Å². The normalized spacial score (nSPS) is 8.45. The van der Waals surface area contributed by atoms with Crippen LogP contribution in [0.4, 0.5) is 0 Å². The third-order valence-corrected chi connectivity index (χ3v) is 0.685. The van der Waals surface area contributed by atoms with E-state index in [0.717, 1.165) is 0 Å². The Labute approximate surface area is 63.3 Å². The van der Waals surface area contributed by atoms with Gasteiger partial charge in [-0.2, -0.15) is 0 Å². The molecular weight excluding hydrogens is 152 g/mol. The van der Waals surface area contributed by atoms with Crippen LogP contribution in [-0.2, 0) is 23.9 Å². The maximum atomic E-state index is 10.4. The quantitative estimate of drug-likeness (QED) is 0.502. The maximum absolute atomic E-state index is 10.4. The molecule has 0 N–H and O–H groups in total. The predicted molar refractivity (Wildman–Crippen MR) is 33.3 cm³/mol.